The summed E-state index contributed by atoms with van der Waals surface area (Å²) in [5.41, 5.74) is -0.279. The normalized spacial score (nSPS) is 10.3. The van der Waals surface area contributed by atoms with E-state index in [1.165, 1.54) is 17.7 Å². The Morgan fingerprint density at radius 3 is 2.41 bits per heavy atom. The summed E-state index contributed by atoms with van der Waals surface area (Å²) in [6, 6.07) is 8.49. The van der Waals surface area contributed by atoms with Crippen molar-refractivity contribution in [1.82, 2.24) is 14.5 Å². The Bertz CT molecular complexity index is 1010. The Balaban J connectivity index is 2.21. The number of aromatic nitrogens is 2. The summed E-state index contributed by atoms with van der Waals surface area (Å²) in [5.74, 6) is -0.509. The van der Waals surface area contributed by atoms with E-state index in [-0.39, 0.29) is 18.0 Å². The van der Waals surface area contributed by atoms with Gasteiger partial charge in [-0.05, 0) is 18.9 Å². The van der Waals surface area contributed by atoms with Gasteiger partial charge in [-0.1, -0.05) is 24.3 Å². The quantitative estimate of drug-likeness (QED) is 0.713. The monoisotopic (exact) mass is 368 g/mol. The number of carbonyl (C=O) groups is 2. The van der Waals surface area contributed by atoms with Crippen LogP contribution in [-0.4, -0.2) is 27.4 Å². The lowest BCUT2D eigenvalue weighted by molar-refractivity contribution is -0.118. The number of carbonyl (C=O) groups excluding carboxylic acids is 2. The zero-order valence-corrected chi connectivity index (χ0v) is 15.2. The molecule has 0 aliphatic rings. The number of nitriles is 1. The van der Waals surface area contributed by atoms with E-state index in [1.807, 2.05) is 0 Å². The first-order valence-electron chi connectivity index (χ1n) is 8.48. The minimum atomic E-state index is -0.771. The van der Waals surface area contributed by atoms with Crippen LogP contribution in [0.5, 0.6) is 0 Å². The van der Waals surface area contributed by atoms with Crippen LogP contribution in [0.4, 0.5) is 0 Å². The Kier molecular flexibility index (Phi) is 6.44. The zero-order valence-electron chi connectivity index (χ0n) is 15.2. The third kappa shape index (κ3) is 4.79. The minimum absolute atomic E-state index is 0.107. The summed E-state index contributed by atoms with van der Waals surface area (Å²) in [6.45, 7) is 3.50. The maximum Gasteiger partial charge on any atom is 0.331 e. The number of hydrogen-bond donors (Lipinski definition) is 1. The minimum Gasteiger partial charge on any atom is -0.356 e. The van der Waals surface area contributed by atoms with Crippen molar-refractivity contribution < 1.29 is 9.59 Å². The van der Waals surface area contributed by atoms with Crippen molar-refractivity contribution in [1.29, 1.82) is 5.26 Å². The highest BCUT2D eigenvalue weighted by Gasteiger charge is 2.15. The molecule has 0 radical (unpaired) electrons. The number of amides is 1. The molecule has 0 atom stereocenters. The summed E-state index contributed by atoms with van der Waals surface area (Å²) in [7, 11) is 0. The van der Waals surface area contributed by atoms with E-state index < -0.39 is 23.6 Å². The number of rotatable bonds is 7. The van der Waals surface area contributed by atoms with Crippen molar-refractivity contribution in [3.63, 3.8) is 0 Å². The zero-order chi connectivity index (χ0) is 20.0. The summed E-state index contributed by atoms with van der Waals surface area (Å²) in [5, 5.41) is 11.7. The van der Waals surface area contributed by atoms with E-state index >= 15 is 0 Å². The molecule has 2 rings (SSSR count). The van der Waals surface area contributed by atoms with E-state index in [0.29, 0.717) is 18.5 Å². The Morgan fingerprint density at radius 1 is 1.19 bits per heavy atom. The topological polar surface area (TPSA) is 114 Å². The SMILES string of the molecule is CCn1cc(C#N)c(=O)n(CC(=O)c2ccc(CCNC(C)=O)cc2)c1=O. The molecule has 1 heterocycles. The fourth-order valence-electron chi connectivity index (χ4n) is 2.57. The maximum absolute atomic E-state index is 12.5. The van der Waals surface area contributed by atoms with Gasteiger partial charge in [-0.25, -0.2) is 4.79 Å². The second kappa shape index (κ2) is 8.76. The van der Waals surface area contributed by atoms with Gasteiger partial charge in [-0.3, -0.25) is 23.5 Å². The van der Waals surface area contributed by atoms with Crippen LogP contribution < -0.4 is 16.6 Å². The smallest absolute Gasteiger partial charge is 0.331 e. The fourth-order valence-corrected chi connectivity index (χ4v) is 2.57. The molecule has 0 fully saturated rings. The van der Waals surface area contributed by atoms with Crippen molar-refractivity contribution in [2.24, 2.45) is 0 Å². The van der Waals surface area contributed by atoms with Gasteiger partial charge < -0.3 is 5.32 Å². The van der Waals surface area contributed by atoms with Gasteiger partial charge in [0.15, 0.2) is 5.78 Å². The highest BCUT2D eigenvalue weighted by Crippen LogP contribution is 2.06. The summed E-state index contributed by atoms with van der Waals surface area (Å²) in [6.07, 6.45) is 1.83. The van der Waals surface area contributed by atoms with Gasteiger partial charge in [0.05, 0.1) is 6.54 Å². The standard InChI is InChI=1S/C19H20N4O4/c1-3-22-11-16(10-20)18(26)23(19(22)27)12-17(25)15-6-4-14(5-7-15)8-9-21-13(2)24/h4-7,11H,3,8-9,12H2,1-2H3,(H,21,24). The van der Waals surface area contributed by atoms with Crippen molar-refractivity contribution >= 4 is 11.7 Å². The molecule has 1 aromatic heterocycles. The van der Waals surface area contributed by atoms with Gasteiger partial charge in [0, 0.05) is 31.8 Å². The molecule has 1 N–H and O–H groups in total. The first kappa shape index (κ1) is 19.8. The third-order valence-electron chi connectivity index (χ3n) is 4.06. The molecule has 2 aromatic rings. The molecule has 0 aliphatic heterocycles. The Labute approximate surface area is 155 Å². The fraction of sp³-hybridized carbons (Fsp3) is 0.316. The summed E-state index contributed by atoms with van der Waals surface area (Å²) < 4.78 is 2.01. The molecule has 0 aliphatic carbocycles. The van der Waals surface area contributed by atoms with E-state index in [1.54, 1.807) is 37.3 Å². The third-order valence-corrected chi connectivity index (χ3v) is 4.06. The van der Waals surface area contributed by atoms with Crippen LogP contribution in [0, 0.1) is 11.3 Å². The predicted octanol–water partition coefficient (Wildman–Crippen LogP) is 0.463. The lowest BCUT2D eigenvalue weighted by Gasteiger charge is -2.09. The van der Waals surface area contributed by atoms with E-state index in [4.69, 9.17) is 5.26 Å². The highest BCUT2D eigenvalue weighted by molar-refractivity contribution is 5.95. The van der Waals surface area contributed by atoms with E-state index in [9.17, 15) is 19.2 Å². The Hall–Kier alpha value is -3.47. The molecular weight excluding hydrogens is 348 g/mol. The van der Waals surface area contributed by atoms with Gasteiger partial charge in [-0.2, -0.15) is 5.26 Å². The summed E-state index contributed by atoms with van der Waals surface area (Å²) >= 11 is 0. The molecule has 0 saturated heterocycles. The molecule has 8 heteroatoms. The van der Waals surface area contributed by atoms with Gasteiger partial charge >= 0.3 is 5.69 Å². The van der Waals surface area contributed by atoms with Crippen LogP contribution >= 0.6 is 0 Å². The largest absolute Gasteiger partial charge is 0.356 e. The van der Waals surface area contributed by atoms with Crippen molar-refractivity contribution in [2.75, 3.05) is 6.54 Å². The first-order chi connectivity index (χ1) is 12.9. The number of nitrogens with one attached hydrogen (secondary N) is 1. The second-order valence-electron chi connectivity index (χ2n) is 5.97. The van der Waals surface area contributed by atoms with Crippen LogP contribution in [0.2, 0.25) is 0 Å². The van der Waals surface area contributed by atoms with Crippen LogP contribution in [-0.2, 0) is 24.3 Å². The lowest BCUT2D eigenvalue weighted by atomic mass is 10.1. The van der Waals surface area contributed by atoms with Gasteiger partial charge in [0.1, 0.15) is 11.6 Å². The molecule has 140 valence electrons. The number of ketones is 1. The van der Waals surface area contributed by atoms with E-state index in [2.05, 4.69) is 5.32 Å². The van der Waals surface area contributed by atoms with Crippen LogP contribution in [0.1, 0.15) is 35.3 Å². The van der Waals surface area contributed by atoms with Gasteiger partial charge in [0.2, 0.25) is 5.91 Å². The van der Waals surface area contributed by atoms with Gasteiger partial charge in [-0.15, -0.1) is 0 Å². The number of benzene rings is 1. The predicted molar refractivity (Wildman–Crippen MR) is 98.5 cm³/mol. The van der Waals surface area contributed by atoms with Crippen molar-refractivity contribution in [2.45, 2.75) is 33.4 Å². The molecule has 0 spiro atoms. The van der Waals surface area contributed by atoms with Crippen LogP contribution in [0.25, 0.3) is 0 Å². The number of aryl methyl sites for hydroxylation is 1. The molecule has 8 nitrogen and oxygen atoms in total. The molecule has 1 amide bonds. The summed E-state index contributed by atoms with van der Waals surface area (Å²) in [4.78, 5) is 47.9. The molecule has 27 heavy (non-hydrogen) atoms. The molecule has 0 bridgehead atoms. The average molecular weight is 368 g/mol. The maximum atomic E-state index is 12.5. The van der Waals surface area contributed by atoms with Crippen LogP contribution in [0.3, 0.4) is 0 Å². The lowest BCUT2D eigenvalue weighted by Crippen LogP contribution is -2.42. The first-order valence-corrected chi connectivity index (χ1v) is 8.48. The molecule has 0 unspecified atom stereocenters. The second-order valence-corrected chi connectivity index (χ2v) is 5.97. The molecular formula is C19H20N4O4. The Morgan fingerprint density at radius 2 is 1.85 bits per heavy atom. The average Bonchev–Trinajstić information content (AvgIpc) is 2.65. The number of hydrogen-bond acceptors (Lipinski definition) is 5. The highest BCUT2D eigenvalue weighted by atomic mass is 16.2. The van der Waals surface area contributed by atoms with Crippen molar-refractivity contribution in [3.05, 3.63) is 68.0 Å². The van der Waals surface area contributed by atoms with Crippen molar-refractivity contribution in [3.8, 4) is 6.07 Å². The number of nitrogens with zero attached hydrogens (tertiary/aromatic N) is 3. The van der Waals surface area contributed by atoms with Gasteiger partial charge in [0.25, 0.3) is 5.56 Å². The molecule has 0 saturated carbocycles. The van der Waals surface area contributed by atoms with Crippen LogP contribution in [0.15, 0.2) is 40.1 Å². The number of Topliss-reactive ketones (excluding diaryl/α,β-unsaturated/α-hetero) is 1. The molecule has 1 aromatic carbocycles. The van der Waals surface area contributed by atoms with E-state index in [0.717, 1.165) is 10.1 Å².